The molecule has 2 aromatic carbocycles. The second-order valence-electron chi connectivity index (χ2n) is 5.21. The molecule has 0 saturated heterocycles. The number of hydrogen-bond donors (Lipinski definition) is 0. The van der Waals surface area contributed by atoms with Gasteiger partial charge in [-0.2, -0.15) is 0 Å². The van der Waals surface area contributed by atoms with Crippen LogP contribution in [-0.2, 0) is 11.3 Å². The Balaban J connectivity index is 1.97. The third-order valence-corrected chi connectivity index (χ3v) is 3.38. The number of aryl methyl sites for hydroxylation is 1. The van der Waals surface area contributed by atoms with Crippen molar-refractivity contribution in [1.29, 1.82) is 0 Å². The number of ether oxygens (including phenoxy) is 1. The predicted octanol–water partition coefficient (Wildman–Crippen LogP) is 3.42. The van der Waals surface area contributed by atoms with E-state index in [-0.39, 0.29) is 5.91 Å². The number of nitrogens with zero attached hydrogens (tertiary/aromatic N) is 1. The van der Waals surface area contributed by atoms with Crippen molar-refractivity contribution in [3.63, 3.8) is 0 Å². The van der Waals surface area contributed by atoms with Crippen LogP contribution in [0.15, 0.2) is 54.6 Å². The molecule has 3 nitrogen and oxygen atoms in total. The van der Waals surface area contributed by atoms with E-state index in [1.807, 2.05) is 61.5 Å². The summed E-state index contributed by atoms with van der Waals surface area (Å²) in [5.41, 5.74) is 2.14. The fourth-order valence-electron chi connectivity index (χ4n) is 2.18. The van der Waals surface area contributed by atoms with E-state index >= 15 is 0 Å². The molecule has 2 aromatic rings. The van der Waals surface area contributed by atoms with Crippen LogP contribution in [0.4, 0.5) is 0 Å². The van der Waals surface area contributed by atoms with Crippen molar-refractivity contribution in [1.82, 2.24) is 4.90 Å². The van der Waals surface area contributed by atoms with Crippen LogP contribution >= 0.6 is 0 Å². The summed E-state index contributed by atoms with van der Waals surface area (Å²) in [6.07, 6.45) is -0.500. The lowest BCUT2D eigenvalue weighted by Crippen LogP contribution is -2.37. The maximum Gasteiger partial charge on any atom is 0.263 e. The molecule has 110 valence electrons. The number of likely N-dealkylation sites (N-methyl/N-ethyl adjacent to an activating group) is 1. The maximum atomic E-state index is 12.4. The van der Waals surface area contributed by atoms with E-state index in [4.69, 9.17) is 4.74 Å². The van der Waals surface area contributed by atoms with E-state index in [9.17, 15) is 4.79 Å². The molecular formula is C18H21NO2. The molecule has 0 saturated carbocycles. The number of para-hydroxylation sites is 1. The Morgan fingerprint density at radius 1 is 1.10 bits per heavy atom. The lowest BCUT2D eigenvalue weighted by atomic mass is 10.2. The highest BCUT2D eigenvalue weighted by Crippen LogP contribution is 2.18. The minimum atomic E-state index is -0.500. The molecule has 0 N–H and O–H groups in total. The second kappa shape index (κ2) is 6.93. The highest BCUT2D eigenvalue weighted by atomic mass is 16.5. The van der Waals surface area contributed by atoms with E-state index in [1.54, 1.807) is 18.9 Å². The molecule has 0 spiro atoms. The van der Waals surface area contributed by atoms with Gasteiger partial charge in [-0.3, -0.25) is 4.79 Å². The molecule has 0 radical (unpaired) electrons. The zero-order valence-electron chi connectivity index (χ0n) is 12.7. The summed E-state index contributed by atoms with van der Waals surface area (Å²) in [7, 11) is 1.80. The van der Waals surface area contributed by atoms with E-state index in [1.165, 1.54) is 0 Å². The quantitative estimate of drug-likeness (QED) is 0.841. The average molecular weight is 283 g/mol. The first kappa shape index (κ1) is 15.1. The van der Waals surface area contributed by atoms with Crippen molar-refractivity contribution < 1.29 is 9.53 Å². The molecule has 0 aliphatic carbocycles. The van der Waals surface area contributed by atoms with Crippen LogP contribution in [-0.4, -0.2) is 24.0 Å². The zero-order chi connectivity index (χ0) is 15.2. The summed E-state index contributed by atoms with van der Waals surface area (Å²) in [5.74, 6) is 0.730. The van der Waals surface area contributed by atoms with E-state index in [0.29, 0.717) is 6.54 Å². The lowest BCUT2D eigenvalue weighted by molar-refractivity contribution is -0.137. The number of hydrogen-bond acceptors (Lipinski definition) is 2. The molecule has 0 aliphatic rings. The third kappa shape index (κ3) is 4.09. The van der Waals surface area contributed by atoms with Crippen LogP contribution in [0, 0.1) is 6.92 Å². The Morgan fingerprint density at radius 3 is 2.38 bits per heavy atom. The smallest absolute Gasteiger partial charge is 0.263 e. The van der Waals surface area contributed by atoms with Gasteiger partial charge in [0.2, 0.25) is 0 Å². The Bertz CT molecular complexity index is 595. The first-order chi connectivity index (χ1) is 10.1. The van der Waals surface area contributed by atoms with E-state index in [2.05, 4.69) is 0 Å². The summed E-state index contributed by atoms with van der Waals surface area (Å²) >= 11 is 0. The van der Waals surface area contributed by atoms with Gasteiger partial charge in [-0.15, -0.1) is 0 Å². The summed E-state index contributed by atoms with van der Waals surface area (Å²) in [6, 6.07) is 17.7. The largest absolute Gasteiger partial charge is 0.481 e. The summed E-state index contributed by atoms with van der Waals surface area (Å²) < 4.78 is 5.77. The average Bonchev–Trinajstić information content (AvgIpc) is 2.49. The van der Waals surface area contributed by atoms with Gasteiger partial charge in [0.05, 0.1) is 0 Å². The van der Waals surface area contributed by atoms with Crippen molar-refractivity contribution in [2.24, 2.45) is 0 Å². The van der Waals surface area contributed by atoms with Crippen molar-refractivity contribution >= 4 is 5.91 Å². The minimum Gasteiger partial charge on any atom is -0.481 e. The van der Waals surface area contributed by atoms with Crippen molar-refractivity contribution in [3.8, 4) is 5.75 Å². The van der Waals surface area contributed by atoms with Gasteiger partial charge in [0, 0.05) is 13.6 Å². The van der Waals surface area contributed by atoms with Crippen LogP contribution in [0.3, 0.4) is 0 Å². The molecule has 1 amide bonds. The van der Waals surface area contributed by atoms with Gasteiger partial charge in [0.25, 0.3) is 5.91 Å². The zero-order valence-corrected chi connectivity index (χ0v) is 12.7. The van der Waals surface area contributed by atoms with Gasteiger partial charge < -0.3 is 9.64 Å². The van der Waals surface area contributed by atoms with Crippen molar-refractivity contribution in [2.75, 3.05) is 7.05 Å². The fourth-order valence-corrected chi connectivity index (χ4v) is 2.18. The summed E-state index contributed by atoms with van der Waals surface area (Å²) in [5, 5.41) is 0. The van der Waals surface area contributed by atoms with Gasteiger partial charge in [0.1, 0.15) is 5.75 Å². The van der Waals surface area contributed by atoms with Crippen LogP contribution in [0.25, 0.3) is 0 Å². The molecule has 2 rings (SSSR count). The monoisotopic (exact) mass is 283 g/mol. The molecule has 0 bridgehead atoms. The standard InChI is InChI=1S/C18H21NO2/c1-14-9-7-8-12-17(14)21-15(2)18(20)19(3)13-16-10-5-4-6-11-16/h4-12,15H,13H2,1-3H3/t15-/m1/s1. The topological polar surface area (TPSA) is 29.5 Å². The van der Waals surface area contributed by atoms with Gasteiger partial charge >= 0.3 is 0 Å². The first-order valence-electron chi connectivity index (χ1n) is 7.09. The number of carbonyl (C=O) groups is 1. The Hall–Kier alpha value is -2.29. The minimum absolute atomic E-state index is 0.0258. The Labute approximate surface area is 126 Å². The molecule has 0 heterocycles. The second-order valence-corrected chi connectivity index (χ2v) is 5.21. The molecule has 1 atom stereocenters. The number of rotatable bonds is 5. The summed E-state index contributed by atoms with van der Waals surface area (Å²) in [4.78, 5) is 14.1. The van der Waals surface area contributed by atoms with Gasteiger partial charge in [-0.05, 0) is 31.0 Å². The van der Waals surface area contributed by atoms with Crippen LogP contribution < -0.4 is 4.74 Å². The molecule has 3 heteroatoms. The fraction of sp³-hybridized carbons (Fsp3) is 0.278. The highest BCUT2D eigenvalue weighted by molar-refractivity contribution is 5.80. The van der Waals surface area contributed by atoms with Crippen molar-refractivity contribution in [2.45, 2.75) is 26.5 Å². The van der Waals surface area contributed by atoms with E-state index < -0.39 is 6.10 Å². The third-order valence-electron chi connectivity index (χ3n) is 3.38. The van der Waals surface area contributed by atoms with Crippen LogP contribution in [0.1, 0.15) is 18.1 Å². The number of benzene rings is 2. The molecule has 0 fully saturated rings. The molecule has 21 heavy (non-hydrogen) atoms. The molecule has 0 aromatic heterocycles. The van der Waals surface area contributed by atoms with Crippen LogP contribution in [0.2, 0.25) is 0 Å². The number of amides is 1. The highest BCUT2D eigenvalue weighted by Gasteiger charge is 2.19. The van der Waals surface area contributed by atoms with Crippen molar-refractivity contribution in [3.05, 3.63) is 65.7 Å². The van der Waals surface area contributed by atoms with Gasteiger partial charge in [0.15, 0.2) is 6.10 Å². The molecule has 0 unspecified atom stereocenters. The lowest BCUT2D eigenvalue weighted by Gasteiger charge is -2.22. The maximum absolute atomic E-state index is 12.4. The summed E-state index contributed by atoms with van der Waals surface area (Å²) in [6.45, 7) is 4.34. The SMILES string of the molecule is Cc1ccccc1O[C@H](C)C(=O)N(C)Cc1ccccc1. The van der Waals surface area contributed by atoms with E-state index in [0.717, 1.165) is 16.9 Å². The van der Waals surface area contributed by atoms with Gasteiger partial charge in [-0.25, -0.2) is 0 Å². The molecule has 0 aliphatic heterocycles. The van der Waals surface area contributed by atoms with Crippen LogP contribution in [0.5, 0.6) is 5.75 Å². The predicted molar refractivity (Wildman–Crippen MR) is 84.2 cm³/mol. The van der Waals surface area contributed by atoms with Gasteiger partial charge in [-0.1, -0.05) is 48.5 Å². The molecular weight excluding hydrogens is 262 g/mol. The normalized spacial score (nSPS) is 11.8. The Kier molecular flexibility index (Phi) is 4.99. The first-order valence-corrected chi connectivity index (χ1v) is 7.09. The Morgan fingerprint density at radius 2 is 1.71 bits per heavy atom. The number of carbonyl (C=O) groups excluding carboxylic acids is 1.